The third-order valence-electron chi connectivity index (χ3n) is 1.96. The van der Waals surface area contributed by atoms with E-state index in [1.165, 1.54) is 6.20 Å². The molecule has 2 rings (SSSR count). The van der Waals surface area contributed by atoms with Crippen molar-refractivity contribution in [2.45, 2.75) is 6.04 Å². The monoisotopic (exact) mass is 175 g/mol. The number of hydrogen-bond acceptors (Lipinski definition) is 5. The molecule has 0 aromatic carbocycles. The summed E-state index contributed by atoms with van der Waals surface area (Å²) in [6.45, 7) is 1.84. The molecule has 0 saturated carbocycles. The minimum absolute atomic E-state index is 0.379. The number of aromatic nitrogens is 2. The van der Waals surface area contributed by atoms with Crippen LogP contribution in [-0.2, 0) is 0 Å². The van der Waals surface area contributed by atoms with E-state index in [0.717, 1.165) is 13.1 Å². The van der Waals surface area contributed by atoms with Crippen molar-refractivity contribution in [3.8, 4) is 6.07 Å². The largest absolute Gasteiger partial charge is 0.362 e. The maximum absolute atomic E-state index is 8.75. The van der Waals surface area contributed by atoms with E-state index in [2.05, 4.69) is 26.9 Å². The smallest absolute Gasteiger partial charge is 0.166 e. The first kappa shape index (κ1) is 7.95. The lowest BCUT2D eigenvalue weighted by atomic mass is 10.2. The summed E-state index contributed by atoms with van der Waals surface area (Å²) in [7, 11) is 0. The molecule has 0 unspecified atom stereocenters. The van der Waals surface area contributed by atoms with E-state index in [1.807, 2.05) is 0 Å². The molecule has 2 heterocycles. The first-order valence-corrected chi connectivity index (χ1v) is 4.09. The molecule has 1 aliphatic rings. The molecular weight excluding hydrogens is 166 g/mol. The van der Waals surface area contributed by atoms with Crippen molar-refractivity contribution in [1.82, 2.24) is 15.5 Å². The van der Waals surface area contributed by atoms with E-state index in [1.54, 1.807) is 6.07 Å². The average Bonchev–Trinajstić information content (AvgIpc) is 2.12. The SMILES string of the molecule is N#Cc1ccnnc1NC1CNC1. The first-order chi connectivity index (χ1) is 6.40. The van der Waals surface area contributed by atoms with Gasteiger partial charge in [-0.2, -0.15) is 10.4 Å². The molecule has 1 aromatic heterocycles. The van der Waals surface area contributed by atoms with Gasteiger partial charge in [-0.3, -0.25) is 0 Å². The fourth-order valence-electron chi connectivity index (χ4n) is 1.11. The van der Waals surface area contributed by atoms with Crippen molar-refractivity contribution >= 4 is 5.82 Å². The molecule has 0 aliphatic carbocycles. The Morgan fingerprint density at radius 2 is 2.46 bits per heavy atom. The predicted octanol–water partition coefficient (Wildman–Crippen LogP) is -0.268. The van der Waals surface area contributed by atoms with Crippen LogP contribution in [0.2, 0.25) is 0 Å². The molecule has 5 heteroatoms. The summed E-state index contributed by atoms with van der Waals surface area (Å²) in [5, 5.41) is 22.6. The molecule has 13 heavy (non-hydrogen) atoms. The van der Waals surface area contributed by atoms with Gasteiger partial charge in [0.05, 0.1) is 17.8 Å². The van der Waals surface area contributed by atoms with Crippen LogP contribution in [0.15, 0.2) is 12.3 Å². The fraction of sp³-hybridized carbons (Fsp3) is 0.375. The van der Waals surface area contributed by atoms with Crippen LogP contribution >= 0.6 is 0 Å². The second kappa shape index (κ2) is 3.37. The molecule has 0 amide bonds. The number of nitrogens with zero attached hydrogens (tertiary/aromatic N) is 3. The van der Waals surface area contributed by atoms with Gasteiger partial charge in [-0.15, -0.1) is 5.10 Å². The van der Waals surface area contributed by atoms with Gasteiger partial charge < -0.3 is 10.6 Å². The highest BCUT2D eigenvalue weighted by Crippen LogP contribution is 2.10. The van der Waals surface area contributed by atoms with Gasteiger partial charge >= 0.3 is 0 Å². The van der Waals surface area contributed by atoms with Gasteiger partial charge in [-0.25, -0.2) is 0 Å². The van der Waals surface area contributed by atoms with Crippen molar-refractivity contribution in [1.29, 1.82) is 5.26 Å². The Balaban J connectivity index is 2.14. The number of rotatable bonds is 2. The van der Waals surface area contributed by atoms with Gasteiger partial charge in [0.25, 0.3) is 0 Å². The lowest BCUT2D eigenvalue weighted by molar-refractivity contribution is 0.470. The van der Waals surface area contributed by atoms with Crippen LogP contribution in [0.1, 0.15) is 5.56 Å². The lowest BCUT2D eigenvalue weighted by Gasteiger charge is -2.28. The van der Waals surface area contributed by atoms with Gasteiger partial charge in [-0.05, 0) is 6.07 Å². The van der Waals surface area contributed by atoms with Crippen molar-refractivity contribution in [3.63, 3.8) is 0 Å². The van der Waals surface area contributed by atoms with Crippen LogP contribution in [0.3, 0.4) is 0 Å². The highest BCUT2D eigenvalue weighted by Gasteiger charge is 2.17. The van der Waals surface area contributed by atoms with Crippen molar-refractivity contribution in [3.05, 3.63) is 17.8 Å². The van der Waals surface area contributed by atoms with Gasteiger partial charge in [0.15, 0.2) is 5.82 Å². The number of nitriles is 1. The number of nitrogens with one attached hydrogen (secondary N) is 2. The van der Waals surface area contributed by atoms with E-state index in [0.29, 0.717) is 17.4 Å². The number of hydrogen-bond donors (Lipinski definition) is 2. The van der Waals surface area contributed by atoms with E-state index in [4.69, 9.17) is 5.26 Å². The maximum atomic E-state index is 8.75. The van der Waals surface area contributed by atoms with Gasteiger partial charge in [-0.1, -0.05) is 0 Å². The highest BCUT2D eigenvalue weighted by molar-refractivity contribution is 5.51. The standard InChI is InChI=1S/C8H9N5/c9-3-6-1-2-11-13-8(6)12-7-4-10-5-7/h1-2,7,10H,4-5H2,(H,12,13). The zero-order chi connectivity index (χ0) is 9.10. The summed E-state index contributed by atoms with van der Waals surface area (Å²) >= 11 is 0. The van der Waals surface area contributed by atoms with E-state index in [-0.39, 0.29) is 0 Å². The van der Waals surface area contributed by atoms with Crippen LogP contribution in [0, 0.1) is 11.3 Å². The molecule has 0 spiro atoms. The molecule has 2 N–H and O–H groups in total. The fourth-order valence-corrected chi connectivity index (χ4v) is 1.11. The van der Waals surface area contributed by atoms with Gasteiger partial charge in [0.2, 0.25) is 0 Å². The molecular formula is C8H9N5. The molecule has 1 fully saturated rings. The second-order valence-electron chi connectivity index (χ2n) is 2.90. The Hall–Kier alpha value is -1.67. The normalized spacial score (nSPS) is 15.9. The highest BCUT2D eigenvalue weighted by atomic mass is 15.2. The predicted molar refractivity (Wildman–Crippen MR) is 47.0 cm³/mol. The van der Waals surface area contributed by atoms with Crippen LogP contribution in [0.5, 0.6) is 0 Å². The summed E-state index contributed by atoms with van der Waals surface area (Å²) < 4.78 is 0. The summed E-state index contributed by atoms with van der Waals surface area (Å²) in [4.78, 5) is 0. The van der Waals surface area contributed by atoms with E-state index < -0.39 is 0 Å². The Morgan fingerprint density at radius 3 is 3.08 bits per heavy atom. The van der Waals surface area contributed by atoms with Crippen molar-refractivity contribution in [2.75, 3.05) is 18.4 Å². The zero-order valence-corrected chi connectivity index (χ0v) is 6.99. The summed E-state index contributed by atoms with van der Waals surface area (Å²) in [5.41, 5.74) is 0.543. The number of anilines is 1. The molecule has 5 nitrogen and oxygen atoms in total. The quantitative estimate of drug-likeness (QED) is 0.647. The van der Waals surface area contributed by atoms with Crippen LogP contribution in [0.25, 0.3) is 0 Å². The Labute approximate surface area is 75.8 Å². The van der Waals surface area contributed by atoms with E-state index in [9.17, 15) is 0 Å². The third kappa shape index (κ3) is 1.58. The zero-order valence-electron chi connectivity index (χ0n) is 6.99. The second-order valence-corrected chi connectivity index (χ2v) is 2.90. The van der Waals surface area contributed by atoms with Crippen LogP contribution in [-0.4, -0.2) is 29.3 Å². The van der Waals surface area contributed by atoms with Crippen molar-refractivity contribution < 1.29 is 0 Å². The maximum Gasteiger partial charge on any atom is 0.166 e. The first-order valence-electron chi connectivity index (χ1n) is 4.09. The Morgan fingerprint density at radius 1 is 1.62 bits per heavy atom. The Bertz CT molecular complexity index is 339. The molecule has 66 valence electrons. The molecule has 0 bridgehead atoms. The molecule has 1 aliphatic heterocycles. The third-order valence-corrected chi connectivity index (χ3v) is 1.96. The summed E-state index contributed by atoms with van der Waals surface area (Å²) in [6, 6.07) is 4.10. The van der Waals surface area contributed by atoms with Crippen LogP contribution in [0.4, 0.5) is 5.82 Å². The lowest BCUT2D eigenvalue weighted by Crippen LogP contribution is -2.51. The minimum Gasteiger partial charge on any atom is -0.362 e. The Kier molecular flexibility index (Phi) is 2.06. The van der Waals surface area contributed by atoms with Gasteiger partial charge in [0, 0.05) is 13.1 Å². The molecule has 0 atom stereocenters. The summed E-state index contributed by atoms with van der Waals surface area (Å²) in [5.74, 6) is 0.580. The average molecular weight is 175 g/mol. The summed E-state index contributed by atoms with van der Waals surface area (Å²) in [6.07, 6.45) is 1.52. The molecule has 1 aromatic rings. The topological polar surface area (TPSA) is 73.6 Å². The molecule has 0 radical (unpaired) electrons. The van der Waals surface area contributed by atoms with Gasteiger partial charge in [0.1, 0.15) is 6.07 Å². The van der Waals surface area contributed by atoms with Crippen LogP contribution < -0.4 is 10.6 Å². The van der Waals surface area contributed by atoms with Crippen molar-refractivity contribution in [2.24, 2.45) is 0 Å². The molecule has 1 saturated heterocycles. The van der Waals surface area contributed by atoms with E-state index >= 15 is 0 Å². The minimum atomic E-state index is 0.379.